The van der Waals surface area contributed by atoms with Crippen molar-refractivity contribution in [2.75, 3.05) is 21.3 Å². The van der Waals surface area contributed by atoms with Gasteiger partial charge in [-0.15, -0.1) is 0 Å². The highest BCUT2D eigenvalue weighted by atomic mass is 15.2. The second-order valence-electron chi connectivity index (χ2n) is 9.51. The van der Waals surface area contributed by atoms with E-state index in [4.69, 9.17) is 11.5 Å². The molecule has 0 saturated heterocycles. The predicted octanol–water partition coefficient (Wildman–Crippen LogP) is 9.92. The number of anilines is 6. The summed E-state index contributed by atoms with van der Waals surface area (Å²) >= 11 is 0. The summed E-state index contributed by atoms with van der Waals surface area (Å²) in [6.45, 7) is 12.1. The van der Waals surface area contributed by atoms with Gasteiger partial charge in [0.05, 0.1) is 0 Å². The zero-order valence-corrected chi connectivity index (χ0v) is 23.9. The SMILES string of the molecule is C=C/C=C(\C=C)N(c1ccc(-c2ccc(N(C(/C=C\CC)=C/C)c3cccc(N)c3)cc2)cc1)c1cccc(N)c1. The molecule has 0 aliphatic carbocycles. The molecule has 0 saturated carbocycles. The summed E-state index contributed by atoms with van der Waals surface area (Å²) in [5.74, 6) is 0. The van der Waals surface area contributed by atoms with Gasteiger partial charge in [-0.2, -0.15) is 0 Å². The highest BCUT2D eigenvalue weighted by molar-refractivity contribution is 5.77. The van der Waals surface area contributed by atoms with E-state index in [1.54, 1.807) is 6.08 Å². The number of nitrogens with zero attached hydrogens (tertiary/aromatic N) is 2. The van der Waals surface area contributed by atoms with E-state index >= 15 is 0 Å². The third-order valence-corrected chi connectivity index (χ3v) is 6.68. The Morgan fingerprint density at radius 2 is 1.17 bits per heavy atom. The molecule has 0 fully saturated rings. The number of benzene rings is 4. The molecule has 206 valence electrons. The lowest BCUT2D eigenvalue weighted by Crippen LogP contribution is -2.15. The van der Waals surface area contributed by atoms with Gasteiger partial charge in [-0.1, -0.05) is 74.7 Å². The van der Waals surface area contributed by atoms with Gasteiger partial charge in [0.25, 0.3) is 0 Å². The van der Waals surface area contributed by atoms with Crippen molar-refractivity contribution in [3.05, 3.63) is 158 Å². The fourth-order valence-electron chi connectivity index (χ4n) is 4.72. The second kappa shape index (κ2) is 13.7. The molecule has 0 atom stereocenters. The molecule has 4 aromatic rings. The topological polar surface area (TPSA) is 58.5 Å². The Labute approximate surface area is 244 Å². The van der Waals surface area contributed by atoms with Crippen LogP contribution < -0.4 is 21.3 Å². The van der Waals surface area contributed by atoms with Gasteiger partial charge in [0.2, 0.25) is 0 Å². The molecule has 0 amide bonds. The number of hydrogen-bond donors (Lipinski definition) is 2. The maximum absolute atomic E-state index is 6.15. The minimum absolute atomic E-state index is 0.699. The molecule has 4 rings (SSSR count). The van der Waals surface area contributed by atoms with Crippen LogP contribution in [0.4, 0.5) is 34.1 Å². The third kappa shape index (κ3) is 6.87. The van der Waals surface area contributed by atoms with Crippen LogP contribution in [0.1, 0.15) is 20.3 Å². The number of nitrogen functional groups attached to an aromatic ring is 2. The van der Waals surface area contributed by atoms with E-state index in [2.05, 4.69) is 110 Å². The molecule has 0 bridgehead atoms. The zero-order chi connectivity index (χ0) is 29.2. The van der Waals surface area contributed by atoms with Gasteiger partial charge in [0.15, 0.2) is 0 Å². The monoisotopic (exact) mass is 538 g/mol. The minimum atomic E-state index is 0.699. The molecular formula is C37H38N4. The van der Waals surface area contributed by atoms with Crippen LogP contribution in [-0.2, 0) is 0 Å². The standard InChI is InChI=1S/C37H38N4/c1-5-9-15-33(8-4)41(37-17-11-14-31(39)27-37)35-24-20-29(21-25-35)28-18-22-34(23-19-28)40(32(7-3)12-6-2)36-16-10-13-30(38)26-36/h6-27H,2-3,5,38-39H2,1,4H3/b15-9-,32-12+,33-8+. The van der Waals surface area contributed by atoms with Crippen LogP contribution in [0.5, 0.6) is 0 Å². The maximum Gasteiger partial charge on any atom is 0.0482 e. The summed E-state index contributed by atoms with van der Waals surface area (Å²) in [6.07, 6.45) is 12.9. The Hall–Kier alpha value is -5.22. The molecule has 0 heterocycles. The van der Waals surface area contributed by atoms with E-state index in [0.29, 0.717) is 5.69 Å². The molecule has 0 aromatic heterocycles. The zero-order valence-electron chi connectivity index (χ0n) is 23.9. The van der Waals surface area contributed by atoms with Crippen molar-refractivity contribution in [1.29, 1.82) is 0 Å². The van der Waals surface area contributed by atoms with Gasteiger partial charge in [0, 0.05) is 45.5 Å². The number of rotatable bonds is 11. The predicted molar refractivity (Wildman–Crippen MR) is 180 cm³/mol. The van der Waals surface area contributed by atoms with Gasteiger partial charge in [-0.25, -0.2) is 0 Å². The first-order valence-electron chi connectivity index (χ1n) is 13.8. The normalized spacial score (nSPS) is 11.9. The van der Waals surface area contributed by atoms with Gasteiger partial charge in [-0.3, -0.25) is 0 Å². The first kappa shape index (κ1) is 28.8. The average molecular weight is 539 g/mol. The quantitative estimate of drug-likeness (QED) is 0.147. The Morgan fingerprint density at radius 3 is 1.56 bits per heavy atom. The van der Waals surface area contributed by atoms with Crippen molar-refractivity contribution in [3.63, 3.8) is 0 Å². The van der Waals surface area contributed by atoms with Crippen molar-refractivity contribution < 1.29 is 0 Å². The number of hydrogen-bond acceptors (Lipinski definition) is 4. The lowest BCUT2D eigenvalue weighted by atomic mass is 10.0. The van der Waals surface area contributed by atoms with Gasteiger partial charge in [0.1, 0.15) is 0 Å². The van der Waals surface area contributed by atoms with Crippen molar-refractivity contribution >= 4 is 34.1 Å². The second-order valence-corrected chi connectivity index (χ2v) is 9.51. The number of allylic oxidation sites excluding steroid dienone is 6. The Morgan fingerprint density at radius 1 is 0.683 bits per heavy atom. The summed E-state index contributed by atoms with van der Waals surface area (Å²) in [4.78, 5) is 4.34. The van der Waals surface area contributed by atoms with E-state index in [0.717, 1.165) is 57.4 Å². The van der Waals surface area contributed by atoms with Crippen molar-refractivity contribution in [1.82, 2.24) is 0 Å². The summed E-state index contributed by atoms with van der Waals surface area (Å²) in [5.41, 5.74) is 21.9. The van der Waals surface area contributed by atoms with Crippen LogP contribution in [0.25, 0.3) is 11.1 Å². The van der Waals surface area contributed by atoms with E-state index in [-0.39, 0.29) is 0 Å². The van der Waals surface area contributed by atoms with Crippen molar-refractivity contribution in [2.24, 2.45) is 0 Å². The van der Waals surface area contributed by atoms with Gasteiger partial charge in [-0.05, 0) is 103 Å². The maximum atomic E-state index is 6.15. The van der Waals surface area contributed by atoms with E-state index < -0.39 is 0 Å². The summed E-state index contributed by atoms with van der Waals surface area (Å²) in [7, 11) is 0. The molecule has 4 aromatic carbocycles. The lowest BCUT2D eigenvalue weighted by Gasteiger charge is -2.27. The van der Waals surface area contributed by atoms with E-state index in [1.165, 1.54) is 0 Å². The third-order valence-electron chi connectivity index (χ3n) is 6.68. The molecule has 41 heavy (non-hydrogen) atoms. The molecule has 0 radical (unpaired) electrons. The highest BCUT2D eigenvalue weighted by Crippen LogP contribution is 2.35. The fraction of sp³-hybridized carbons (Fsp3) is 0.0811. The number of nitrogens with two attached hydrogens (primary N) is 2. The Kier molecular flexibility index (Phi) is 9.63. The Bertz CT molecular complexity index is 1570. The first-order chi connectivity index (χ1) is 20.0. The molecule has 0 aliphatic heterocycles. The first-order valence-corrected chi connectivity index (χ1v) is 13.8. The lowest BCUT2D eigenvalue weighted by molar-refractivity contribution is 1.17. The van der Waals surface area contributed by atoms with Crippen molar-refractivity contribution in [2.45, 2.75) is 20.3 Å². The molecule has 4 N–H and O–H groups in total. The van der Waals surface area contributed by atoms with Crippen molar-refractivity contribution in [3.8, 4) is 11.1 Å². The van der Waals surface area contributed by atoms with Crippen LogP contribution in [0.2, 0.25) is 0 Å². The van der Waals surface area contributed by atoms with Gasteiger partial charge >= 0.3 is 0 Å². The highest BCUT2D eigenvalue weighted by Gasteiger charge is 2.15. The smallest absolute Gasteiger partial charge is 0.0482 e. The molecular weight excluding hydrogens is 500 g/mol. The molecule has 0 unspecified atom stereocenters. The van der Waals surface area contributed by atoms with E-state index in [9.17, 15) is 0 Å². The van der Waals surface area contributed by atoms with Crippen LogP contribution in [-0.4, -0.2) is 0 Å². The molecule has 4 nitrogen and oxygen atoms in total. The largest absolute Gasteiger partial charge is 0.399 e. The average Bonchev–Trinajstić information content (AvgIpc) is 2.99. The summed E-state index contributed by atoms with van der Waals surface area (Å²) < 4.78 is 0. The summed E-state index contributed by atoms with van der Waals surface area (Å²) in [5, 5.41) is 0. The fourth-order valence-corrected chi connectivity index (χ4v) is 4.72. The van der Waals surface area contributed by atoms with E-state index in [1.807, 2.05) is 54.6 Å². The molecule has 0 aliphatic rings. The van der Waals surface area contributed by atoms with Crippen LogP contribution in [0.15, 0.2) is 158 Å². The summed E-state index contributed by atoms with van der Waals surface area (Å²) in [6, 6.07) is 32.9. The van der Waals surface area contributed by atoms with Gasteiger partial charge < -0.3 is 21.3 Å². The molecule has 4 heteroatoms. The molecule has 0 spiro atoms. The van der Waals surface area contributed by atoms with Crippen LogP contribution >= 0.6 is 0 Å². The minimum Gasteiger partial charge on any atom is -0.399 e. The van der Waals surface area contributed by atoms with Crippen LogP contribution in [0, 0.1) is 0 Å². The van der Waals surface area contributed by atoms with Crippen LogP contribution in [0.3, 0.4) is 0 Å². The Balaban J connectivity index is 1.69.